The summed E-state index contributed by atoms with van der Waals surface area (Å²) in [4.78, 5) is 26.9. The fraction of sp³-hybridized carbons (Fsp3) is 0.448. The number of carbonyl (C=O) groups excluding carboxylic acids is 2. The van der Waals surface area contributed by atoms with E-state index in [0.29, 0.717) is 42.2 Å². The molecular formula is C29H28F7N3O4. The van der Waals surface area contributed by atoms with E-state index >= 15 is 0 Å². The van der Waals surface area contributed by atoms with Crippen LogP contribution in [-0.2, 0) is 22.6 Å². The Balaban J connectivity index is 1.39. The van der Waals surface area contributed by atoms with E-state index in [1.165, 1.54) is 42.1 Å². The fourth-order valence-electron chi connectivity index (χ4n) is 6.27. The maximum absolute atomic E-state index is 14.9. The third-order valence-electron chi connectivity index (χ3n) is 8.03. The highest BCUT2D eigenvalue weighted by molar-refractivity contribution is 6.08. The first kappa shape index (κ1) is 30.6. The smallest absolute Gasteiger partial charge is 0.404 e. The van der Waals surface area contributed by atoms with Crippen LogP contribution in [0.25, 0.3) is 10.9 Å². The number of hydrogen-bond donors (Lipinski definition) is 1. The first-order valence-corrected chi connectivity index (χ1v) is 13.6. The Labute approximate surface area is 241 Å². The third-order valence-corrected chi connectivity index (χ3v) is 8.03. The Bertz CT molecular complexity index is 1500. The molecule has 232 valence electrons. The van der Waals surface area contributed by atoms with E-state index in [4.69, 9.17) is 4.74 Å². The van der Waals surface area contributed by atoms with Crippen molar-refractivity contribution < 1.29 is 49.8 Å². The Morgan fingerprint density at radius 3 is 2.35 bits per heavy atom. The molecule has 2 saturated heterocycles. The molecule has 1 N–H and O–H groups in total. The predicted octanol–water partition coefficient (Wildman–Crippen LogP) is 6.05. The van der Waals surface area contributed by atoms with E-state index in [2.05, 4.69) is 4.74 Å². The van der Waals surface area contributed by atoms with Crippen LogP contribution in [0.2, 0.25) is 0 Å². The number of nitrogens with one attached hydrogen (secondary N) is 1. The number of fused-ring (bicyclic) bond motifs is 3. The van der Waals surface area contributed by atoms with E-state index in [9.17, 15) is 40.3 Å². The van der Waals surface area contributed by atoms with Gasteiger partial charge in [0.15, 0.2) is 5.75 Å². The molecule has 2 amide bonds. The van der Waals surface area contributed by atoms with Gasteiger partial charge in [0.1, 0.15) is 5.82 Å². The molecular weight excluding hydrogens is 587 g/mol. The van der Waals surface area contributed by atoms with Gasteiger partial charge in [-0.15, -0.1) is 13.2 Å². The van der Waals surface area contributed by atoms with Crippen molar-refractivity contribution in [2.24, 2.45) is 0 Å². The Kier molecular flexibility index (Phi) is 8.34. The minimum Gasteiger partial charge on any atom is -0.404 e. The number of aromatic nitrogens is 1. The minimum absolute atomic E-state index is 0.110. The highest BCUT2D eigenvalue weighted by Gasteiger charge is 2.45. The van der Waals surface area contributed by atoms with Crippen LogP contribution < -0.4 is 10.1 Å². The van der Waals surface area contributed by atoms with Gasteiger partial charge in [0.05, 0.1) is 17.7 Å². The van der Waals surface area contributed by atoms with Crippen molar-refractivity contribution in [3.05, 3.63) is 65.1 Å². The normalized spacial score (nSPS) is 20.5. The molecule has 3 heterocycles. The Morgan fingerprint density at radius 1 is 1.02 bits per heavy atom. The largest absolute Gasteiger partial charge is 0.573 e. The van der Waals surface area contributed by atoms with Crippen LogP contribution in [0.3, 0.4) is 0 Å². The molecule has 43 heavy (non-hydrogen) atoms. The number of amides is 2. The summed E-state index contributed by atoms with van der Waals surface area (Å²) in [6, 6.07) is 7.46. The average molecular weight is 616 g/mol. The lowest BCUT2D eigenvalue weighted by molar-refractivity contribution is -0.274. The predicted molar refractivity (Wildman–Crippen MR) is 140 cm³/mol. The number of carbonyl (C=O) groups is 2. The summed E-state index contributed by atoms with van der Waals surface area (Å²) >= 11 is 0. The van der Waals surface area contributed by atoms with E-state index in [0.717, 1.165) is 6.07 Å². The number of piperidine rings is 1. The maximum Gasteiger partial charge on any atom is 0.573 e. The van der Waals surface area contributed by atoms with Crippen molar-refractivity contribution in [1.29, 1.82) is 0 Å². The highest BCUT2D eigenvalue weighted by Crippen LogP contribution is 2.45. The van der Waals surface area contributed by atoms with Gasteiger partial charge in [-0.2, -0.15) is 13.2 Å². The Hall–Kier alpha value is -3.81. The van der Waals surface area contributed by atoms with Gasteiger partial charge < -0.3 is 24.3 Å². The van der Waals surface area contributed by atoms with Gasteiger partial charge in [-0.3, -0.25) is 9.59 Å². The molecule has 3 aromatic rings. The third kappa shape index (κ3) is 6.43. The summed E-state index contributed by atoms with van der Waals surface area (Å²) in [6.07, 6.45) is -6.42. The van der Waals surface area contributed by atoms with Crippen LogP contribution in [0.4, 0.5) is 30.7 Å². The number of ether oxygens (including phenoxy) is 2. The summed E-state index contributed by atoms with van der Waals surface area (Å²) in [5.41, 5.74) is 0.926. The van der Waals surface area contributed by atoms with Gasteiger partial charge in [-0.1, -0.05) is 24.3 Å². The molecule has 5 rings (SSSR count). The molecule has 1 aromatic heterocycles. The van der Waals surface area contributed by atoms with Crippen molar-refractivity contribution in [2.75, 3.05) is 13.7 Å². The first-order valence-electron chi connectivity index (χ1n) is 13.6. The zero-order chi connectivity index (χ0) is 31.1. The van der Waals surface area contributed by atoms with Crippen LogP contribution in [0.1, 0.15) is 53.1 Å². The lowest BCUT2D eigenvalue weighted by Crippen LogP contribution is -2.46. The number of nitrogens with zero attached hydrogens (tertiary/aromatic N) is 2. The molecule has 2 bridgehead atoms. The number of alkyl halides is 6. The van der Waals surface area contributed by atoms with E-state index in [1.54, 1.807) is 16.3 Å². The molecule has 0 saturated carbocycles. The maximum atomic E-state index is 14.9. The van der Waals surface area contributed by atoms with Crippen LogP contribution in [-0.4, -0.2) is 59.6 Å². The Morgan fingerprint density at radius 2 is 1.72 bits per heavy atom. The van der Waals surface area contributed by atoms with E-state index in [-0.39, 0.29) is 48.1 Å². The molecule has 0 spiro atoms. The molecule has 2 aliphatic rings. The van der Waals surface area contributed by atoms with E-state index < -0.39 is 36.6 Å². The summed E-state index contributed by atoms with van der Waals surface area (Å²) in [5.74, 6) is -3.75. The zero-order valence-corrected chi connectivity index (χ0v) is 22.9. The van der Waals surface area contributed by atoms with Crippen molar-refractivity contribution >= 4 is 22.7 Å². The molecule has 0 radical (unpaired) electrons. The number of para-hydroxylation sites is 1. The average Bonchev–Trinajstić information content (AvgIpc) is 3.44. The number of rotatable bonds is 8. The fourth-order valence-corrected chi connectivity index (χ4v) is 6.27. The summed E-state index contributed by atoms with van der Waals surface area (Å²) in [6.45, 7) is -0.0750. The van der Waals surface area contributed by atoms with Crippen molar-refractivity contribution in [2.45, 2.75) is 69.3 Å². The summed E-state index contributed by atoms with van der Waals surface area (Å²) in [7, 11) is 1.45. The van der Waals surface area contributed by atoms with E-state index in [1.807, 2.05) is 0 Å². The monoisotopic (exact) mass is 615 g/mol. The molecule has 2 fully saturated rings. The molecule has 2 aromatic carbocycles. The van der Waals surface area contributed by atoms with Gasteiger partial charge in [0.2, 0.25) is 0 Å². The topological polar surface area (TPSA) is 72.8 Å². The van der Waals surface area contributed by atoms with Crippen molar-refractivity contribution in [3.8, 4) is 5.75 Å². The number of hydrogen-bond acceptors (Lipinski definition) is 4. The molecule has 14 heteroatoms. The molecule has 0 aliphatic carbocycles. The van der Waals surface area contributed by atoms with Gasteiger partial charge >= 0.3 is 18.4 Å². The lowest BCUT2D eigenvalue weighted by atomic mass is 9.84. The number of methoxy groups -OCH3 is 1. The van der Waals surface area contributed by atoms with Gasteiger partial charge in [0.25, 0.3) is 5.91 Å². The number of halogens is 7. The SMILES string of the molecule is COCCn1cc(C(=O)N2C3CCC2CC(c2cc(CNC(=O)C(F)(F)F)ccc2F)C3)c2cccc(OC(F)(F)F)c21. The molecule has 2 atom stereocenters. The lowest BCUT2D eigenvalue weighted by Gasteiger charge is -2.39. The zero-order valence-electron chi connectivity index (χ0n) is 22.9. The minimum atomic E-state index is -5.04. The second kappa shape index (κ2) is 11.7. The van der Waals surface area contributed by atoms with Crippen LogP contribution in [0.15, 0.2) is 42.6 Å². The van der Waals surface area contributed by atoms with Crippen molar-refractivity contribution in [1.82, 2.24) is 14.8 Å². The van der Waals surface area contributed by atoms with Gasteiger partial charge in [0, 0.05) is 43.9 Å². The number of benzene rings is 2. The highest BCUT2D eigenvalue weighted by atomic mass is 19.4. The molecule has 2 unspecified atom stereocenters. The first-order chi connectivity index (χ1) is 20.3. The van der Waals surface area contributed by atoms with Gasteiger partial charge in [-0.25, -0.2) is 4.39 Å². The second-order valence-corrected chi connectivity index (χ2v) is 10.7. The summed E-state index contributed by atoms with van der Waals surface area (Å²) in [5, 5.41) is 2.08. The molecule has 7 nitrogen and oxygen atoms in total. The van der Waals surface area contributed by atoms with Crippen molar-refractivity contribution in [3.63, 3.8) is 0 Å². The second-order valence-electron chi connectivity index (χ2n) is 10.7. The summed E-state index contributed by atoms with van der Waals surface area (Å²) < 4.78 is 103. The molecule has 2 aliphatic heterocycles. The van der Waals surface area contributed by atoms with Crippen LogP contribution >= 0.6 is 0 Å². The van der Waals surface area contributed by atoms with Gasteiger partial charge in [-0.05, 0) is 54.9 Å². The van der Waals surface area contributed by atoms with Crippen LogP contribution in [0.5, 0.6) is 5.75 Å². The standard InChI is InChI=1S/C29H28F7N3O4/c1-42-10-9-38-15-22(20-3-2-4-24(25(20)38)43-29(34,35)36)26(40)39-18-6-7-19(39)13-17(12-18)21-11-16(5-8-23(21)30)14-37-27(41)28(31,32)33/h2-5,8,11,15,17-19H,6-7,9-10,12-14H2,1H3,(H,37,41). The van der Waals surface area contributed by atoms with Crippen LogP contribution in [0, 0.1) is 5.82 Å². The quantitative estimate of drug-likeness (QED) is 0.313.